The first-order valence-electron chi connectivity index (χ1n) is 9.22. The van der Waals surface area contributed by atoms with E-state index in [0.29, 0.717) is 24.9 Å². The van der Waals surface area contributed by atoms with E-state index in [0.717, 1.165) is 17.4 Å². The highest BCUT2D eigenvalue weighted by atomic mass is 32.2. The molecule has 2 heterocycles. The van der Waals surface area contributed by atoms with Crippen LogP contribution >= 0.6 is 0 Å². The molecule has 28 heavy (non-hydrogen) atoms. The first-order valence-corrected chi connectivity index (χ1v) is 10.7. The van der Waals surface area contributed by atoms with Crippen LogP contribution in [-0.4, -0.2) is 37.3 Å². The Morgan fingerprint density at radius 2 is 1.89 bits per heavy atom. The van der Waals surface area contributed by atoms with Gasteiger partial charge in [0.1, 0.15) is 0 Å². The second kappa shape index (κ2) is 7.69. The summed E-state index contributed by atoms with van der Waals surface area (Å²) in [7, 11) is -3.81. The number of likely N-dealkylation sites (tertiary alicyclic amines) is 1. The van der Waals surface area contributed by atoms with Gasteiger partial charge in [-0.3, -0.25) is 9.78 Å². The fourth-order valence-corrected chi connectivity index (χ4v) is 5.04. The molecular weight excluding hydrogens is 374 g/mol. The van der Waals surface area contributed by atoms with E-state index in [1.54, 1.807) is 35.5 Å². The van der Waals surface area contributed by atoms with Crippen molar-refractivity contribution in [2.24, 2.45) is 0 Å². The van der Waals surface area contributed by atoms with Gasteiger partial charge >= 0.3 is 0 Å². The lowest BCUT2D eigenvalue weighted by atomic mass is 10.1. The van der Waals surface area contributed by atoms with Gasteiger partial charge in [-0.15, -0.1) is 0 Å². The molecule has 0 aliphatic carbocycles. The van der Waals surface area contributed by atoms with Crippen LogP contribution in [0.1, 0.15) is 24.4 Å². The molecule has 6 nitrogen and oxygen atoms in total. The van der Waals surface area contributed by atoms with E-state index in [1.165, 1.54) is 0 Å². The quantitative estimate of drug-likeness (QED) is 0.696. The van der Waals surface area contributed by atoms with Gasteiger partial charge in [0.2, 0.25) is 15.9 Å². The molecule has 0 saturated carbocycles. The number of carbonyl (C=O) groups is 1. The number of sulfonamides is 1. The Morgan fingerprint density at radius 3 is 2.64 bits per heavy atom. The second-order valence-electron chi connectivity index (χ2n) is 6.88. The zero-order chi connectivity index (χ0) is 19.6. The van der Waals surface area contributed by atoms with Crippen LogP contribution in [0, 0.1) is 0 Å². The molecule has 2 aromatic carbocycles. The molecule has 1 amide bonds. The van der Waals surface area contributed by atoms with Gasteiger partial charge in [0.25, 0.3) is 0 Å². The molecule has 1 N–H and O–H groups in total. The highest BCUT2D eigenvalue weighted by Crippen LogP contribution is 2.25. The largest absolute Gasteiger partial charge is 0.341 e. The van der Waals surface area contributed by atoms with Crippen LogP contribution in [0.2, 0.25) is 0 Å². The van der Waals surface area contributed by atoms with Crippen molar-refractivity contribution in [2.75, 3.05) is 13.1 Å². The number of hydrogen-bond acceptors (Lipinski definition) is 4. The maximum absolute atomic E-state index is 13.3. The van der Waals surface area contributed by atoms with Crippen molar-refractivity contribution < 1.29 is 13.2 Å². The highest BCUT2D eigenvalue weighted by molar-refractivity contribution is 7.89. The van der Waals surface area contributed by atoms with Crippen LogP contribution in [0.15, 0.2) is 71.9 Å². The van der Waals surface area contributed by atoms with Gasteiger partial charge in [0.05, 0.1) is 10.9 Å². The summed E-state index contributed by atoms with van der Waals surface area (Å²) < 4.78 is 29.3. The number of pyridine rings is 1. The average molecular weight is 395 g/mol. The van der Waals surface area contributed by atoms with Crippen molar-refractivity contribution in [3.8, 4) is 0 Å². The van der Waals surface area contributed by atoms with Crippen LogP contribution in [0.5, 0.6) is 0 Å². The van der Waals surface area contributed by atoms with Crippen LogP contribution in [0.4, 0.5) is 0 Å². The predicted octanol–water partition coefficient (Wildman–Crippen LogP) is 2.88. The summed E-state index contributed by atoms with van der Waals surface area (Å²) in [6.07, 6.45) is 4.55. The summed E-state index contributed by atoms with van der Waals surface area (Å²) in [6.45, 7) is 0.970. The SMILES string of the molecule is O=C1CCCN1CC(NS(=O)(=O)c1cccc2cnccc12)c1ccccc1. The Bertz CT molecular complexity index is 1090. The summed E-state index contributed by atoms with van der Waals surface area (Å²) >= 11 is 0. The summed E-state index contributed by atoms with van der Waals surface area (Å²) in [5.74, 6) is 0.0661. The molecule has 1 atom stereocenters. The lowest BCUT2D eigenvalue weighted by Crippen LogP contribution is -2.38. The maximum Gasteiger partial charge on any atom is 0.241 e. The van der Waals surface area contributed by atoms with Crippen molar-refractivity contribution in [2.45, 2.75) is 23.8 Å². The van der Waals surface area contributed by atoms with Crippen molar-refractivity contribution in [3.05, 3.63) is 72.6 Å². The lowest BCUT2D eigenvalue weighted by Gasteiger charge is -2.25. The third-order valence-electron chi connectivity index (χ3n) is 5.00. The zero-order valence-electron chi connectivity index (χ0n) is 15.3. The lowest BCUT2D eigenvalue weighted by molar-refractivity contribution is -0.127. The highest BCUT2D eigenvalue weighted by Gasteiger charge is 2.28. The third kappa shape index (κ3) is 3.76. The van der Waals surface area contributed by atoms with E-state index >= 15 is 0 Å². The zero-order valence-corrected chi connectivity index (χ0v) is 16.1. The molecular formula is C21H21N3O3S. The van der Waals surface area contributed by atoms with Crippen LogP contribution in [-0.2, 0) is 14.8 Å². The van der Waals surface area contributed by atoms with Gasteiger partial charge < -0.3 is 4.90 Å². The Hall–Kier alpha value is -2.77. The molecule has 0 bridgehead atoms. The van der Waals surface area contributed by atoms with Gasteiger partial charge in [-0.25, -0.2) is 13.1 Å². The monoisotopic (exact) mass is 395 g/mol. The summed E-state index contributed by atoms with van der Waals surface area (Å²) in [5, 5.41) is 1.38. The normalized spacial score (nSPS) is 15.9. The Labute approximate surface area is 164 Å². The minimum Gasteiger partial charge on any atom is -0.341 e. The molecule has 1 fully saturated rings. The van der Waals surface area contributed by atoms with Crippen LogP contribution in [0.25, 0.3) is 10.8 Å². The number of fused-ring (bicyclic) bond motifs is 1. The second-order valence-corrected chi connectivity index (χ2v) is 8.56. The average Bonchev–Trinajstić information content (AvgIpc) is 3.12. The summed E-state index contributed by atoms with van der Waals surface area (Å²) in [6, 6.07) is 15.7. The van der Waals surface area contributed by atoms with E-state index in [4.69, 9.17) is 0 Å². The molecule has 1 saturated heterocycles. The van der Waals surface area contributed by atoms with Gasteiger partial charge in [-0.1, -0.05) is 42.5 Å². The molecule has 1 unspecified atom stereocenters. The van der Waals surface area contributed by atoms with E-state index in [1.807, 2.05) is 36.4 Å². The summed E-state index contributed by atoms with van der Waals surface area (Å²) in [4.78, 5) is 18.1. The number of rotatable bonds is 6. The molecule has 1 aliphatic heterocycles. The number of amides is 1. The minimum atomic E-state index is -3.81. The van der Waals surface area contributed by atoms with Crippen molar-refractivity contribution in [1.29, 1.82) is 0 Å². The molecule has 7 heteroatoms. The Morgan fingerprint density at radius 1 is 1.07 bits per heavy atom. The number of carbonyl (C=O) groups excluding carboxylic acids is 1. The predicted molar refractivity (Wildman–Crippen MR) is 107 cm³/mol. The van der Waals surface area contributed by atoms with Crippen molar-refractivity contribution >= 4 is 26.7 Å². The first kappa shape index (κ1) is 18.6. The summed E-state index contributed by atoms with van der Waals surface area (Å²) in [5.41, 5.74) is 0.827. The molecule has 0 radical (unpaired) electrons. The first-order chi connectivity index (χ1) is 13.5. The number of benzene rings is 2. The molecule has 4 rings (SSSR count). The van der Waals surface area contributed by atoms with Gasteiger partial charge in [-0.2, -0.15) is 0 Å². The van der Waals surface area contributed by atoms with Crippen LogP contribution in [0.3, 0.4) is 0 Å². The Kier molecular flexibility index (Phi) is 5.11. The topological polar surface area (TPSA) is 79.4 Å². The molecule has 0 spiro atoms. The van der Waals surface area contributed by atoms with E-state index in [-0.39, 0.29) is 10.8 Å². The fourth-order valence-electron chi connectivity index (χ4n) is 3.59. The number of nitrogens with one attached hydrogen (secondary N) is 1. The third-order valence-corrected chi connectivity index (χ3v) is 6.53. The van der Waals surface area contributed by atoms with E-state index in [2.05, 4.69) is 9.71 Å². The number of aromatic nitrogens is 1. The van der Waals surface area contributed by atoms with E-state index in [9.17, 15) is 13.2 Å². The molecule has 1 aromatic heterocycles. The van der Waals surface area contributed by atoms with Gasteiger partial charge in [-0.05, 0) is 24.1 Å². The standard InChI is InChI=1S/C21H21N3O3S/c25-21-10-5-13-24(21)15-19(16-6-2-1-3-7-16)23-28(26,27)20-9-4-8-17-14-22-12-11-18(17)20/h1-4,6-9,11-12,14,19,23H,5,10,13,15H2. The van der Waals surface area contributed by atoms with Crippen molar-refractivity contribution in [1.82, 2.24) is 14.6 Å². The molecule has 1 aliphatic rings. The molecule has 3 aromatic rings. The Balaban J connectivity index is 1.69. The van der Waals surface area contributed by atoms with Crippen LogP contribution < -0.4 is 4.72 Å². The van der Waals surface area contributed by atoms with E-state index < -0.39 is 16.1 Å². The number of hydrogen-bond donors (Lipinski definition) is 1. The smallest absolute Gasteiger partial charge is 0.241 e. The maximum atomic E-state index is 13.3. The minimum absolute atomic E-state index is 0.0661. The van der Waals surface area contributed by atoms with Gasteiger partial charge in [0.15, 0.2) is 0 Å². The fraction of sp³-hybridized carbons (Fsp3) is 0.238. The number of nitrogens with zero attached hydrogens (tertiary/aromatic N) is 2. The van der Waals surface area contributed by atoms with Gasteiger partial charge in [0, 0.05) is 42.7 Å². The molecule has 144 valence electrons. The van der Waals surface area contributed by atoms with Crippen molar-refractivity contribution in [3.63, 3.8) is 0 Å².